The third kappa shape index (κ3) is 3.08. The van der Waals surface area contributed by atoms with Gasteiger partial charge < -0.3 is 5.11 Å². The van der Waals surface area contributed by atoms with Crippen LogP contribution in [0.3, 0.4) is 0 Å². The Labute approximate surface area is 216 Å². The van der Waals surface area contributed by atoms with Crippen molar-refractivity contribution in [3.8, 4) is 6.07 Å². The molecule has 0 aliphatic heterocycles. The SMILES string of the molecule is CC1(C)CC2C(CC[C@]3(C)C2C(=O)C[C@@H]2[C@@]4(C)C=C(C#N)C(=O)C(C)(C)[C@@H]4CC[C@]23C)[C@H](C(=O)O)C1. The lowest BCUT2D eigenvalue weighted by atomic mass is 9.32. The number of carboxylic acids is 1. The first kappa shape index (κ1) is 25.7. The quantitative estimate of drug-likeness (QED) is 0.467. The number of hydrogen-bond acceptors (Lipinski definition) is 4. The van der Waals surface area contributed by atoms with E-state index in [0.717, 1.165) is 32.1 Å². The number of fused-ring (bicyclic) bond motifs is 7. The fraction of sp³-hybridized carbons (Fsp3) is 0.806. The lowest BCUT2D eigenvalue weighted by Crippen LogP contribution is -2.68. The average molecular weight is 494 g/mol. The lowest BCUT2D eigenvalue weighted by Gasteiger charge is -2.71. The van der Waals surface area contributed by atoms with Crippen LogP contribution < -0.4 is 0 Å². The Morgan fingerprint density at radius 2 is 1.58 bits per heavy atom. The molecule has 4 saturated carbocycles. The molecular weight excluding hydrogens is 450 g/mol. The van der Waals surface area contributed by atoms with Gasteiger partial charge in [-0.1, -0.05) is 54.5 Å². The highest BCUT2D eigenvalue weighted by atomic mass is 16.4. The maximum absolute atomic E-state index is 14.3. The zero-order valence-corrected chi connectivity index (χ0v) is 23.1. The topological polar surface area (TPSA) is 95.2 Å². The molecular formula is C31H43NO4. The summed E-state index contributed by atoms with van der Waals surface area (Å²) < 4.78 is 0. The Morgan fingerprint density at radius 3 is 2.19 bits per heavy atom. The van der Waals surface area contributed by atoms with Gasteiger partial charge in [-0.15, -0.1) is 0 Å². The highest BCUT2D eigenvalue weighted by Gasteiger charge is 2.71. The van der Waals surface area contributed by atoms with E-state index in [0.29, 0.717) is 18.6 Å². The third-order valence-electron chi connectivity index (χ3n) is 12.6. The highest BCUT2D eigenvalue weighted by Crippen LogP contribution is 2.74. The van der Waals surface area contributed by atoms with Crippen LogP contribution in [0, 0.1) is 73.9 Å². The van der Waals surface area contributed by atoms with Crippen molar-refractivity contribution in [2.75, 3.05) is 0 Å². The first-order chi connectivity index (χ1) is 16.5. The van der Waals surface area contributed by atoms with E-state index in [-0.39, 0.29) is 63.1 Å². The lowest BCUT2D eigenvalue weighted by molar-refractivity contribution is -0.215. The molecule has 1 N–H and O–H groups in total. The molecule has 0 aromatic rings. The molecule has 5 heteroatoms. The summed E-state index contributed by atoms with van der Waals surface area (Å²) >= 11 is 0. The summed E-state index contributed by atoms with van der Waals surface area (Å²) in [6.45, 7) is 15.2. The van der Waals surface area contributed by atoms with Crippen LogP contribution in [-0.2, 0) is 14.4 Å². The van der Waals surface area contributed by atoms with Crippen molar-refractivity contribution >= 4 is 17.5 Å². The number of carbonyl (C=O) groups excluding carboxylic acids is 2. The van der Waals surface area contributed by atoms with Crippen molar-refractivity contribution in [3.63, 3.8) is 0 Å². The number of ketones is 2. The predicted octanol–water partition coefficient (Wildman–Crippen LogP) is 6.23. The number of hydrogen-bond donors (Lipinski definition) is 1. The molecule has 0 saturated heterocycles. The second kappa shape index (κ2) is 7.55. The van der Waals surface area contributed by atoms with E-state index in [9.17, 15) is 24.8 Å². The van der Waals surface area contributed by atoms with Gasteiger partial charge in [-0.05, 0) is 83.9 Å². The molecule has 36 heavy (non-hydrogen) atoms. The third-order valence-corrected chi connectivity index (χ3v) is 12.6. The molecule has 5 aliphatic carbocycles. The molecule has 9 atom stereocenters. The van der Waals surface area contributed by atoms with Gasteiger partial charge in [0.05, 0.1) is 11.5 Å². The molecule has 196 valence electrons. The summed E-state index contributed by atoms with van der Waals surface area (Å²) in [4.78, 5) is 39.7. The summed E-state index contributed by atoms with van der Waals surface area (Å²) in [7, 11) is 0. The molecule has 0 amide bonds. The smallest absolute Gasteiger partial charge is 0.306 e. The average Bonchev–Trinajstić information content (AvgIpc) is 2.76. The van der Waals surface area contributed by atoms with Crippen molar-refractivity contribution in [1.29, 1.82) is 5.26 Å². The van der Waals surface area contributed by atoms with Gasteiger partial charge in [-0.25, -0.2) is 0 Å². The minimum Gasteiger partial charge on any atom is -0.481 e. The highest BCUT2D eigenvalue weighted by molar-refractivity contribution is 6.04. The summed E-state index contributed by atoms with van der Waals surface area (Å²) in [5.74, 6) is -0.617. The van der Waals surface area contributed by atoms with Gasteiger partial charge in [-0.3, -0.25) is 14.4 Å². The minimum absolute atomic E-state index is 0.0630. The number of allylic oxidation sites excluding steroid dienone is 2. The molecule has 5 nitrogen and oxygen atoms in total. The number of carbonyl (C=O) groups is 3. The van der Waals surface area contributed by atoms with Crippen LogP contribution in [0.1, 0.15) is 93.4 Å². The maximum Gasteiger partial charge on any atom is 0.306 e. The maximum atomic E-state index is 14.3. The van der Waals surface area contributed by atoms with E-state index in [1.54, 1.807) is 0 Å². The Balaban J connectivity index is 1.61. The number of rotatable bonds is 1. The number of aliphatic carboxylic acids is 1. The summed E-state index contributed by atoms with van der Waals surface area (Å²) in [6.07, 6.45) is 7.62. The molecule has 5 aliphatic rings. The largest absolute Gasteiger partial charge is 0.481 e. The van der Waals surface area contributed by atoms with Crippen LogP contribution in [0.15, 0.2) is 11.6 Å². The van der Waals surface area contributed by atoms with Crippen LogP contribution in [0.25, 0.3) is 0 Å². The Hall–Kier alpha value is -1.96. The predicted molar refractivity (Wildman–Crippen MR) is 136 cm³/mol. The van der Waals surface area contributed by atoms with Crippen molar-refractivity contribution in [2.24, 2.45) is 62.6 Å². The molecule has 0 aromatic heterocycles. The van der Waals surface area contributed by atoms with Crippen molar-refractivity contribution in [2.45, 2.75) is 93.4 Å². The number of carboxylic acid groups (broad SMARTS) is 1. The molecule has 0 aromatic carbocycles. The standard InChI is InChI=1S/C31H43NO4/c1-27(2)14-19-18(20(15-27)26(35)36)8-10-31(7)24(19)21(33)12-23-29(5)13-17(16-32)25(34)28(3,4)22(29)9-11-30(23,31)6/h13,18-20,22-24H,8-12,14-15H2,1-7H3,(H,35,36)/t18?,19?,20-,22+,23-,24?,29+,30-,31-/m1/s1. The van der Waals surface area contributed by atoms with Crippen LogP contribution in [0.4, 0.5) is 0 Å². The van der Waals surface area contributed by atoms with Crippen molar-refractivity contribution in [1.82, 2.24) is 0 Å². The van der Waals surface area contributed by atoms with E-state index < -0.39 is 16.8 Å². The van der Waals surface area contributed by atoms with E-state index in [4.69, 9.17) is 0 Å². The molecule has 5 rings (SSSR count). The van der Waals surface area contributed by atoms with E-state index in [1.807, 2.05) is 19.9 Å². The molecule has 0 radical (unpaired) electrons. The van der Waals surface area contributed by atoms with E-state index >= 15 is 0 Å². The Kier molecular flexibility index (Phi) is 5.38. The van der Waals surface area contributed by atoms with Crippen LogP contribution in [0.5, 0.6) is 0 Å². The summed E-state index contributed by atoms with van der Waals surface area (Å²) in [6, 6.07) is 2.19. The fourth-order valence-corrected chi connectivity index (χ4v) is 10.9. The molecule has 0 bridgehead atoms. The van der Waals surface area contributed by atoms with Crippen LogP contribution >= 0.6 is 0 Å². The normalized spacial score (nSPS) is 48.9. The first-order valence-corrected chi connectivity index (χ1v) is 14.0. The monoisotopic (exact) mass is 493 g/mol. The van der Waals surface area contributed by atoms with Crippen molar-refractivity contribution < 1.29 is 19.5 Å². The summed E-state index contributed by atoms with van der Waals surface area (Å²) in [5, 5.41) is 20.0. The van der Waals surface area contributed by atoms with Crippen LogP contribution in [0.2, 0.25) is 0 Å². The molecule has 0 heterocycles. The van der Waals surface area contributed by atoms with E-state index in [1.165, 1.54) is 0 Å². The number of nitrogens with zero attached hydrogens (tertiary/aromatic N) is 1. The minimum atomic E-state index is -0.704. The molecule has 4 fully saturated rings. The van der Waals surface area contributed by atoms with Gasteiger partial charge in [-0.2, -0.15) is 5.26 Å². The Bertz CT molecular complexity index is 1110. The zero-order valence-electron chi connectivity index (χ0n) is 23.1. The van der Waals surface area contributed by atoms with Gasteiger partial charge in [0.1, 0.15) is 11.9 Å². The fourth-order valence-electron chi connectivity index (χ4n) is 10.9. The zero-order chi connectivity index (χ0) is 26.6. The molecule has 3 unspecified atom stereocenters. The van der Waals surface area contributed by atoms with Gasteiger partial charge >= 0.3 is 5.97 Å². The molecule has 0 spiro atoms. The summed E-state index contributed by atoms with van der Waals surface area (Å²) in [5.41, 5.74) is -1.20. The van der Waals surface area contributed by atoms with E-state index in [2.05, 4.69) is 40.7 Å². The van der Waals surface area contributed by atoms with Gasteiger partial charge in [0.2, 0.25) is 0 Å². The second-order valence-electron chi connectivity index (χ2n) is 15.1. The Morgan fingerprint density at radius 1 is 0.944 bits per heavy atom. The van der Waals surface area contributed by atoms with Crippen molar-refractivity contribution in [3.05, 3.63) is 11.6 Å². The second-order valence-corrected chi connectivity index (χ2v) is 15.1. The van der Waals surface area contributed by atoms with Gasteiger partial charge in [0.25, 0.3) is 0 Å². The van der Waals surface area contributed by atoms with Crippen LogP contribution in [-0.4, -0.2) is 22.6 Å². The number of nitriles is 1. The first-order valence-electron chi connectivity index (χ1n) is 14.0. The number of Topliss-reactive ketones (excluding diaryl/α,β-unsaturated/α-hetero) is 2. The van der Waals surface area contributed by atoms with Gasteiger partial charge in [0.15, 0.2) is 5.78 Å². The van der Waals surface area contributed by atoms with Gasteiger partial charge in [0, 0.05) is 17.8 Å².